The molecule has 1 aromatic heterocycles. The van der Waals surface area contributed by atoms with Crippen molar-refractivity contribution in [2.75, 3.05) is 13.2 Å². The molecule has 0 bridgehead atoms. The molecule has 0 amide bonds. The summed E-state index contributed by atoms with van der Waals surface area (Å²) in [6.45, 7) is 0.426. The van der Waals surface area contributed by atoms with Crippen LogP contribution in [0.5, 0.6) is 0 Å². The van der Waals surface area contributed by atoms with Crippen LogP contribution in [-0.4, -0.2) is 60.1 Å². The zero-order chi connectivity index (χ0) is 21.4. The lowest BCUT2D eigenvalue weighted by molar-refractivity contribution is 0.0626. The number of hydrogen-bond donors (Lipinski definition) is 1. The Hall–Kier alpha value is -3.17. The van der Waals surface area contributed by atoms with Crippen LogP contribution < -0.4 is 4.72 Å². The molecular formula is C20H18N6O4S. The second-order valence-corrected chi connectivity index (χ2v) is 8.99. The monoisotopic (exact) mass is 438 g/mol. The first-order valence-corrected chi connectivity index (χ1v) is 11.1. The highest BCUT2D eigenvalue weighted by Gasteiger charge is 2.50. The molecule has 0 saturated carbocycles. The molecule has 2 aliphatic rings. The lowest BCUT2D eigenvalue weighted by Gasteiger charge is -2.18. The molecule has 158 valence electrons. The fraction of sp³-hybridized carbons (Fsp3) is 0.300. The van der Waals surface area contributed by atoms with E-state index in [1.54, 1.807) is 16.8 Å². The van der Waals surface area contributed by atoms with Crippen LogP contribution in [0.1, 0.15) is 11.6 Å². The van der Waals surface area contributed by atoms with Gasteiger partial charge in [0.05, 0.1) is 29.7 Å². The van der Waals surface area contributed by atoms with E-state index in [2.05, 4.69) is 20.2 Å². The highest BCUT2D eigenvalue weighted by atomic mass is 32.2. The van der Waals surface area contributed by atoms with Crippen LogP contribution in [0.2, 0.25) is 0 Å². The molecule has 2 aromatic carbocycles. The summed E-state index contributed by atoms with van der Waals surface area (Å²) >= 11 is 0. The largest absolute Gasteiger partial charge is 0.371 e. The van der Waals surface area contributed by atoms with Gasteiger partial charge in [0.15, 0.2) is 5.82 Å². The molecule has 10 nitrogen and oxygen atoms in total. The number of aromatic nitrogens is 4. The summed E-state index contributed by atoms with van der Waals surface area (Å²) < 4.78 is 41.9. The molecule has 4 unspecified atom stereocenters. The van der Waals surface area contributed by atoms with E-state index < -0.39 is 28.3 Å². The fourth-order valence-corrected chi connectivity index (χ4v) is 5.43. The Morgan fingerprint density at radius 3 is 2.58 bits per heavy atom. The molecule has 0 spiro atoms. The van der Waals surface area contributed by atoms with Gasteiger partial charge in [-0.3, -0.25) is 0 Å². The SMILES string of the molecule is N#Cc1ccccc1S(=O)(=O)NC1COC2C1OCC2n1nnnc1-c1ccccc1. The van der Waals surface area contributed by atoms with Gasteiger partial charge in [-0.1, -0.05) is 42.5 Å². The molecule has 31 heavy (non-hydrogen) atoms. The minimum absolute atomic E-state index is 0.0673. The van der Waals surface area contributed by atoms with Crippen molar-refractivity contribution >= 4 is 10.0 Å². The Morgan fingerprint density at radius 1 is 1.03 bits per heavy atom. The van der Waals surface area contributed by atoms with Crippen LogP contribution >= 0.6 is 0 Å². The van der Waals surface area contributed by atoms with E-state index in [0.29, 0.717) is 5.82 Å². The van der Waals surface area contributed by atoms with Crippen LogP contribution in [0.15, 0.2) is 59.5 Å². The van der Waals surface area contributed by atoms with E-state index in [9.17, 15) is 13.7 Å². The van der Waals surface area contributed by atoms with Crippen molar-refractivity contribution in [2.24, 2.45) is 0 Å². The lowest BCUT2D eigenvalue weighted by atomic mass is 10.1. The first-order chi connectivity index (χ1) is 15.1. The fourth-order valence-electron chi connectivity index (χ4n) is 4.04. The predicted molar refractivity (Wildman–Crippen MR) is 107 cm³/mol. The van der Waals surface area contributed by atoms with Crippen molar-refractivity contribution in [1.29, 1.82) is 5.26 Å². The van der Waals surface area contributed by atoms with E-state index >= 15 is 0 Å². The summed E-state index contributed by atoms with van der Waals surface area (Å²) in [6.07, 6.45) is -0.910. The van der Waals surface area contributed by atoms with Gasteiger partial charge in [0.1, 0.15) is 24.3 Å². The number of ether oxygens (including phenoxy) is 2. The number of tetrazole rings is 1. The van der Waals surface area contributed by atoms with Crippen molar-refractivity contribution in [3.05, 3.63) is 60.2 Å². The molecule has 1 N–H and O–H groups in total. The first kappa shape index (κ1) is 19.8. The number of nitrogens with one attached hydrogen (secondary N) is 1. The summed E-state index contributed by atoms with van der Waals surface area (Å²) in [5, 5.41) is 21.3. The van der Waals surface area contributed by atoms with Gasteiger partial charge >= 0.3 is 0 Å². The van der Waals surface area contributed by atoms with E-state index in [1.165, 1.54) is 12.1 Å². The molecule has 2 saturated heterocycles. The highest BCUT2D eigenvalue weighted by Crippen LogP contribution is 2.36. The van der Waals surface area contributed by atoms with Gasteiger partial charge in [0.2, 0.25) is 10.0 Å². The van der Waals surface area contributed by atoms with Gasteiger partial charge in [-0.25, -0.2) is 17.8 Å². The Kier molecular flexibility index (Phi) is 4.99. The van der Waals surface area contributed by atoms with Gasteiger partial charge in [0, 0.05) is 5.56 Å². The number of sulfonamides is 1. The van der Waals surface area contributed by atoms with Gasteiger partial charge in [-0.2, -0.15) is 5.26 Å². The maximum atomic E-state index is 12.9. The number of hydrogen-bond acceptors (Lipinski definition) is 8. The minimum Gasteiger partial charge on any atom is -0.371 e. The highest BCUT2D eigenvalue weighted by molar-refractivity contribution is 7.89. The molecule has 4 atom stereocenters. The second-order valence-electron chi connectivity index (χ2n) is 7.31. The normalized spacial score (nSPS) is 25.3. The molecule has 0 radical (unpaired) electrons. The molecule has 3 aromatic rings. The number of nitriles is 1. The lowest BCUT2D eigenvalue weighted by Crippen LogP contribution is -2.44. The van der Waals surface area contributed by atoms with E-state index in [4.69, 9.17) is 9.47 Å². The standard InChI is InChI=1S/C20H18N6O4S/c21-10-14-8-4-5-9-17(14)31(27,28)23-15-11-29-19-16(12-30-18(15)19)26-20(22-24-25-26)13-6-2-1-3-7-13/h1-9,15-16,18-19,23H,11-12H2. The Labute approximate surface area is 178 Å². The van der Waals surface area contributed by atoms with Gasteiger partial charge in [-0.15, -0.1) is 5.10 Å². The van der Waals surface area contributed by atoms with Crippen LogP contribution in [0.25, 0.3) is 11.4 Å². The van der Waals surface area contributed by atoms with Crippen molar-refractivity contribution in [1.82, 2.24) is 24.9 Å². The van der Waals surface area contributed by atoms with Crippen molar-refractivity contribution in [3.63, 3.8) is 0 Å². The predicted octanol–water partition coefficient (Wildman–Crippen LogP) is 0.898. The minimum atomic E-state index is -3.93. The third kappa shape index (κ3) is 3.49. The Bertz CT molecular complexity index is 1240. The van der Waals surface area contributed by atoms with Crippen molar-refractivity contribution in [2.45, 2.75) is 29.2 Å². The second kappa shape index (κ2) is 7.82. The summed E-state index contributed by atoms with van der Waals surface area (Å²) in [7, 11) is -3.93. The third-order valence-corrected chi connectivity index (χ3v) is 7.02. The Morgan fingerprint density at radius 2 is 1.77 bits per heavy atom. The van der Waals surface area contributed by atoms with Crippen molar-refractivity contribution < 1.29 is 17.9 Å². The average molecular weight is 438 g/mol. The first-order valence-electron chi connectivity index (χ1n) is 9.66. The van der Waals surface area contributed by atoms with Gasteiger partial charge in [-0.05, 0) is 22.6 Å². The number of nitrogens with zero attached hydrogens (tertiary/aromatic N) is 5. The molecule has 5 rings (SSSR count). The van der Waals surface area contributed by atoms with Crippen molar-refractivity contribution in [3.8, 4) is 17.5 Å². The van der Waals surface area contributed by atoms with Crippen LogP contribution in [0.4, 0.5) is 0 Å². The van der Waals surface area contributed by atoms with Gasteiger partial charge < -0.3 is 9.47 Å². The van der Waals surface area contributed by atoms with E-state index in [0.717, 1.165) is 5.56 Å². The van der Waals surface area contributed by atoms with Crippen LogP contribution in [-0.2, 0) is 19.5 Å². The quantitative estimate of drug-likeness (QED) is 0.621. The van der Waals surface area contributed by atoms with Crippen LogP contribution in [0, 0.1) is 11.3 Å². The summed E-state index contributed by atoms with van der Waals surface area (Å²) in [6, 6.07) is 16.6. The summed E-state index contributed by atoms with van der Waals surface area (Å²) in [5.41, 5.74) is 0.941. The van der Waals surface area contributed by atoms with E-state index in [-0.39, 0.29) is 29.7 Å². The molecule has 0 aliphatic carbocycles. The Balaban J connectivity index is 1.37. The molecular weight excluding hydrogens is 420 g/mol. The number of fused-ring (bicyclic) bond motifs is 1. The molecule has 3 heterocycles. The van der Waals surface area contributed by atoms with Gasteiger partial charge in [0.25, 0.3) is 0 Å². The number of rotatable bonds is 5. The maximum Gasteiger partial charge on any atom is 0.242 e. The summed E-state index contributed by atoms with van der Waals surface area (Å²) in [5.74, 6) is 0.588. The molecule has 11 heteroatoms. The smallest absolute Gasteiger partial charge is 0.242 e. The zero-order valence-electron chi connectivity index (χ0n) is 16.2. The topological polar surface area (TPSA) is 132 Å². The molecule has 2 fully saturated rings. The average Bonchev–Trinajstić information content (AvgIpc) is 3.51. The third-order valence-electron chi connectivity index (χ3n) is 5.47. The van der Waals surface area contributed by atoms with E-state index in [1.807, 2.05) is 36.4 Å². The zero-order valence-corrected chi connectivity index (χ0v) is 17.0. The molecule has 2 aliphatic heterocycles. The number of benzene rings is 2. The maximum absolute atomic E-state index is 12.9. The summed E-state index contributed by atoms with van der Waals surface area (Å²) in [4.78, 5) is -0.0673. The van der Waals surface area contributed by atoms with Crippen LogP contribution in [0.3, 0.4) is 0 Å².